The van der Waals surface area contributed by atoms with Crippen molar-refractivity contribution in [3.05, 3.63) is 77.1 Å². The summed E-state index contributed by atoms with van der Waals surface area (Å²) in [6, 6.07) is 18.7. The van der Waals surface area contributed by atoms with Gasteiger partial charge in [0.1, 0.15) is 17.1 Å². The molecule has 0 saturated heterocycles. The maximum Gasteiger partial charge on any atom is 0.387 e. The number of nitrogens with zero attached hydrogens (tertiary/aromatic N) is 1. The predicted octanol–water partition coefficient (Wildman–Crippen LogP) is 7.08. The van der Waals surface area contributed by atoms with Gasteiger partial charge >= 0.3 is 6.61 Å². The van der Waals surface area contributed by atoms with Crippen LogP contribution in [-0.4, -0.2) is 28.9 Å². The van der Waals surface area contributed by atoms with Gasteiger partial charge in [-0.2, -0.15) is 8.78 Å². The zero-order valence-electron chi connectivity index (χ0n) is 18.3. The molecule has 4 aromatic rings. The first-order valence-electron chi connectivity index (χ1n) is 11.2. The number of H-pyrrole nitrogens is 1. The van der Waals surface area contributed by atoms with Gasteiger partial charge in [-0.15, -0.1) is 11.8 Å². The lowest BCUT2D eigenvalue weighted by Crippen LogP contribution is -2.15. The fourth-order valence-electron chi connectivity index (χ4n) is 4.02. The minimum absolute atomic E-state index is 0.0639. The quantitative estimate of drug-likeness (QED) is 0.241. The van der Waals surface area contributed by atoms with Crippen LogP contribution in [0.1, 0.15) is 30.1 Å². The molecule has 5 rings (SSSR count). The molecule has 1 heterocycles. The molecule has 1 fully saturated rings. The Morgan fingerprint density at radius 2 is 1.82 bits per heavy atom. The van der Waals surface area contributed by atoms with Gasteiger partial charge in [-0.05, 0) is 48.6 Å². The molecule has 8 heteroatoms. The molecule has 3 aromatic carbocycles. The third-order valence-corrected chi connectivity index (χ3v) is 7.66. The van der Waals surface area contributed by atoms with Crippen molar-refractivity contribution in [2.75, 3.05) is 12.3 Å². The van der Waals surface area contributed by atoms with Crippen LogP contribution < -0.4 is 10.5 Å². The lowest BCUT2D eigenvalue weighted by Gasteiger charge is -2.13. The zero-order chi connectivity index (χ0) is 23.7. The van der Waals surface area contributed by atoms with Crippen LogP contribution in [-0.2, 0) is 0 Å². The summed E-state index contributed by atoms with van der Waals surface area (Å²) in [6.45, 7) is -2.55. The summed E-state index contributed by atoms with van der Waals surface area (Å²) in [6.07, 6.45) is 2.70. The lowest BCUT2D eigenvalue weighted by molar-refractivity contribution is -0.0494. The van der Waals surface area contributed by atoms with Crippen LogP contribution >= 0.6 is 23.4 Å². The van der Waals surface area contributed by atoms with Crippen LogP contribution in [0.2, 0.25) is 5.02 Å². The molecule has 0 radical (unpaired) electrons. The Morgan fingerprint density at radius 1 is 1.06 bits per heavy atom. The number of imidazole rings is 1. The van der Waals surface area contributed by atoms with Crippen LogP contribution in [0.15, 0.2) is 65.6 Å². The second-order valence-electron chi connectivity index (χ2n) is 8.43. The number of hydrogen-bond acceptors (Lipinski definition) is 4. The van der Waals surface area contributed by atoms with Crippen LogP contribution in [0.3, 0.4) is 0 Å². The molecule has 1 saturated carbocycles. The maximum atomic E-state index is 12.9. The number of hydrogen-bond donors (Lipinski definition) is 2. The van der Waals surface area contributed by atoms with E-state index in [0.29, 0.717) is 34.0 Å². The van der Waals surface area contributed by atoms with E-state index in [1.165, 1.54) is 29.6 Å². The van der Waals surface area contributed by atoms with E-state index in [0.717, 1.165) is 17.0 Å². The number of thioether (sulfide) groups is 1. The molecule has 1 aromatic heterocycles. The highest BCUT2D eigenvalue weighted by Gasteiger charge is 2.22. The van der Waals surface area contributed by atoms with E-state index in [9.17, 15) is 8.78 Å². The van der Waals surface area contributed by atoms with Crippen molar-refractivity contribution in [3.8, 4) is 16.9 Å². The summed E-state index contributed by atoms with van der Waals surface area (Å²) in [5.41, 5.74) is 9.59. The number of para-hydroxylation sites is 1. The number of rotatable bonds is 9. The van der Waals surface area contributed by atoms with Gasteiger partial charge in [0.05, 0.1) is 16.5 Å². The molecule has 34 heavy (non-hydrogen) atoms. The maximum absolute atomic E-state index is 12.9. The molecule has 1 aliphatic carbocycles. The summed E-state index contributed by atoms with van der Waals surface area (Å²) >= 11 is 8.61. The van der Waals surface area contributed by atoms with Crippen molar-refractivity contribution >= 4 is 34.4 Å². The van der Waals surface area contributed by atoms with Gasteiger partial charge in [-0.3, -0.25) is 0 Å². The summed E-state index contributed by atoms with van der Waals surface area (Å²) in [4.78, 5) is 9.37. The molecule has 0 amide bonds. The number of aromatic nitrogens is 2. The highest BCUT2D eigenvalue weighted by atomic mass is 35.5. The van der Waals surface area contributed by atoms with E-state index < -0.39 is 6.61 Å². The Bertz CT molecular complexity index is 1290. The molecule has 0 aliphatic heterocycles. The molecule has 3 N–H and O–H groups in total. The van der Waals surface area contributed by atoms with E-state index in [1.807, 2.05) is 17.8 Å². The number of halogens is 3. The molecular formula is C26H24ClF2N3OS. The summed E-state index contributed by atoms with van der Waals surface area (Å²) < 4.78 is 30.5. The van der Waals surface area contributed by atoms with Gasteiger partial charge in [0, 0.05) is 28.3 Å². The fraction of sp³-hybridized carbons (Fsp3) is 0.269. The number of alkyl halides is 2. The Labute approximate surface area is 205 Å². The summed E-state index contributed by atoms with van der Waals surface area (Å²) in [7, 11) is 0. The zero-order valence-corrected chi connectivity index (χ0v) is 19.9. The Morgan fingerprint density at radius 3 is 2.53 bits per heavy atom. The van der Waals surface area contributed by atoms with Gasteiger partial charge < -0.3 is 15.5 Å². The van der Waals surface area contributed by atoms with Gasteiger partial charge in [-0.25, -0.2) is 4.98 Å². The van der Waals surface area contributed by atoms with Gasteiger partial charge in [-0.1, -0.05) is 48.0 Å². The first-order valence-corrected chi connectivity index (χ1v) is 12.5. The van der Waals surface area contributed by atoms with E-state index in [-0.39, 0.29) is 11.7 Å². The molecule has 1 atom stereocenters. The van der Waals surface area contributed by atoms with Gasteiger partial charge in [0.25, 0.3) is 0 Å². The average molecular weight is 500 g/mol. The predicted molar refractivity (Wildman–Crippen MR) is 134 cm³/mol. The molecule has 176 valence electrons. The van der Waals surface area contributed by atoms with Crippen molar-refractivity contribution in [1.82, 2.24) is 9.97 Å². The third-order valence-electron chi connectivity index (χ3n) is 6.04. The monoisotopic (exact) mass is 499 g/mol. The first kappa shape index (κ1) is 23.1. The van der Waals surface area contributed by atoms with Crippen molar-refractivity contribution in [2.24, 2.45) is 11.7 Å². The molecular weight excluding hydrogens is 476 g/mol. The van der Waals surface area contributed by atoms with Crippen molar-refractivity contribution in [2.45, 2.75) is 30.3 Å². The minimum atomic E-state index is -2.93. The average Bonchev–Trinajstić information content (AvgIpc) is 3.57. The van der Waals surface area contributed by atoms with Gasteiger partial charge in [0.15, 0.2) is 0 Å². The minimum Gasteiger partial charge on any atom is -0.434 e. The normalized spacial score (nSPS) is 14.6. The Hall–Kier alpha value is -2.61. The number of benzene rings is 3. The van der Waals surface area contributed by atoms with E-state index in [1.54, 1.807) is 24.3 Å². The van der Waals surface area contributed by atoms with Crippen LogP contribution in [0.5, 0.6) is 5.75 Å². The van der Waals surface area contributed by atoms with Crippen LogP contribution in [0, 0.1) is 5.92 Å². The highest BCUT2D eigenvalue weighted by Crippen LogP contribution is 2.39. The SMILES string of the molecule is NCC(c1ccc(SCC2CC2)cc1)c1nc2c(Cl)c(-c3ccccc3OC(F)F)ccc2[nH]1. The molecule has 1 aliphatic rings. The Kier molecular flexibility index (Phi) is 6.77. The van der Waals surface area contributed by atoms with Crippen molar-refractivity contribution in [3.63, 3.8) is 0 Å². The number of fused-ring (bicyclic) bond motifs is 1. The second kappa shape index (κ2) is 9.94. The van der Waals surface area contributed by atoms with Crippen LogP contribution in [0.4, 0.5) is 8.78 Å². The lowest BCUT2D eigenvalue weighted by atomic mass is 9.99. The van der Waals surface area contributed by atoms with E-state index >= 15 is 0 Å². The van der Waals surface area contributed by atoms with E-state index in [2.05, 4.69) is 29.2 Å². The second-order valence-corrected chi connectivity index (χ2v) is 9.90. The van der Waals surface area contributed by atoms with Gasteiger partial charge in [0.2, 0.25) is 0 Å². The third kappa shape index (κ3) is 4.92. The smallest absolute Gasteiger partial charge is 0.387 e. The number of ether oxygens (including phenoxy) is 1. The highest BCUT2D eigenvalue weighted by molar-refractivity contribution is 7.99. The largest absolute Gasteiger partial charge is 0.434 e. The van der Waals surface area contributed by atoms with Crippen molar-refractivity contribution < 1.29 is 13.5 Å². The van der Waals surface area contributed by atoms with Crippen molar-refractivity contribution in [1.29, 1.82) is 0 Å². The first-order chi connectivity index (χ1) is 16.5. The standard InChI is InChI=1S/C26H24ClF2N3OS/c27-23-19(18-3-1-2-4-22(18)33-26(28)29)11-12-21-24(23)32-25(31-21)20(13-30)16-7-9-17(10-8-16)34-14-15-5-6-15/h1-4,7-12,15,20,26H,5-6,13-14,30H2,(H,31,32). The molecule has 1 unspecified atom stereocenters. The molecule has 0 spiro atoms. The Balaban J connectivity index is 1.45. The number of nitrogens with one attached hydrogen (secondary N) is 1. The molecule has 4 nitrogen and oxygen atoms in total. The fourth-order valence-corrected chi connectivity index (χ4v) is 5.42. The summed E-state index contributed by atoms with van der Waals surface area (Å²) in [5.74, 6) is 2.71. The summed E-state index contributed by atoms with van der Waals surface area (Å²) in [5, 5.41) is 0.368. The number of nitrogens with two attached hydrogens (primary N) is 1. The molecule has 0 bridgehead atoms. The van der Waals surface area contributed by atoms with E-state index in [4.69, 9.17) is 27.1 Å². The number of aromatic amines is 1. The topological polar surface area (TPSA) is 63.9 Å². The van der Waals surface area contributed by atoms with Crippen LogP contribution in [0.25, 0.3) is 22.2 Å².